The van der Waals surface area contributed by atoms with E-state index in [1.807, 2.05) is 36.4 Å². The molecular formula is C26H25ClN2O4. The summed E-state index contributed by atoms with van der Waals surface area (Å²) in [5, 5.41) is 10.2. The summed E-state index contributed by atoms with van der Waals surface area (Å²) < 4.78 is 5.61. The van der Waals surface area contributed by atoms with E-state index >= 15 is 0 Å². The van der Waals surface area contributed by atoms with Crippen molar-refractivity contribution < 1.29 is 19.4 Å². The van der Waals surface area contributed by atoms with Crippen LogP contribution in [-0.4, -0.2) is 46.7 Å². The normalized spacial score (nSPS) is 13.2. The van der Waals surface area contributed by atoms with Crippen molar-refractivity contribution >= 4 is 23.7 Å². The number of likely N-dealkylation sites (N-methyl/N-ethyl adjacent to an activating group) is 1. The van der Waals surface area contributed by atoms with E-state index in [9.17, 15) is 14.7 Å². The van der Waals surface area contributed by atoms with Crippen molar-refractivity contribution in [1.82, 2.24) is 9.88 Å². The molecule has 170 valence electrons. The van der Waals surface area contributed by atoms with Crippen molar-refractivity contribution in [3.63, 3.8) is 0 Å². The first-order valence-corrected chi connectivity index (χ1v) is 11.2. The SMILES string of the molecule is CN(C(=O)OCC1c2ccccc2-c2ccccc21)[C@@H](CCCc1ncccc1Cl)C(=O)O. The van der Waals surface area contributed by atoms with Crippen LogP contribution >= 0.6 is 11.6 Å². The molecule has 1 aliphatic carbocycles. The smallest absolute Gasteiger partial charge is 0.410 e. The van der Waals surface area contributed by atoms with Gasteiger partial charge in [0.25, 0.3) is 0 Å². The summed E-state index contributed by atoms with van der Waals surface area (Å²) in [6.07, 6.45) is 2.32. The van der Waals surface area contributed by atoms with Crippen LogP contribution in [0.1, 0.15) is 35.6 Å². The fourth-order valence-corrected chi connectivity index (χ4v) is 4.59. The second-order valence-electron chi connectivity index (χ2n) is 8.09. The zero-order chi connectivity index (χ0) is 23.4. The number of benzene rings is 2. The van der Waals surface area contributed by atoms with Crippen LogP contribution in [0.15, 0.2) is 66.9 Å². The Morgan fingerprint density at radius 3 is 2.30 bits per heavy atom. The zero-order valence-electron chi connectivity index (χ0n) is 18.3. The Bertz CT molecular complexity index is 1120. The number of rotatable bonds is 8. The number of carboxylic acids is 1. The molecule has 0 unspecified atom stereocenters. The lowest BCUT2D eigenvalue weighted by molar-refractivity contribution is -0.142. The maximum atomic E-state index is 12.8. The van der Waals surface area contributed by atoms with Gasteiger partial charge in [0.05, 0.1) is 10.7 Å². The molecule has 0 bridgehead atoms. The highest BCUT2D eigenvalue weighted by atomic mass is 35.5. The van der Waals surface area contributed by atoms with Gasteiger partial charge >= 0.3 is 12.1 Å². The first kappa shape index (κ1) is 22.8. The van der Waals surface area contributed by atoms with Gasteiger partial charge in [-0.3, -0.25) is 9.88 Å². The van der Waals surface area contributed by atoms with Crippen LogP contribution in [0.5, 0.6) is 0 Å². The highest BCUT2D eigenvalue weighted by Gasteiger charge is 2.31. The molecule has 33 heavy (non-hydrogen) atoms. The Morgan fingerprint density at radius 2 is 1.70 bits per heavy atom. The average Bonchev–Trinajstić information content (AvgIpc) is 3.14. The number of aromatic nitrogens is 1. The third kappa shape index (κ3) is 4.86. The number of halogens is 1. The third-order valence-corrected chi connectivity index (χ3v) is 6.45. The highest BCUT2D eigenvalue weighted by Crippen LogP contribution is 2.44. The van der Waals surface area contributed by atoms with E-state index in [-0.39, 0.29) is 18.9 Å². The van der Waals surface area contributed by atoms with Crippen molar-refractivity contribution in [2.75, 3.05) is 13.7 Å². The molecule has 0 spiro atoms. The number of nitrogens with zero attached hydrogens (tertiary/aromatic N) is 2. The number of ether oxygens (including phenoxy) is 1. The Balaban J connectivity index is 1.39. The highest BCUT2D eigenvalue weighted by molar-refractivity contribution is 6.31. The van der Waals surface area contributed by atoms with Crippen LogP contribution in [0.3, 0.4) is 0 Å². The Morgan fingerprint density at radius 1 is 1.06 bits per heavy atom. The summed E-state index contributed by atoms with van der Waals surface area (Å²) in [6.45, 7) is 0.146. The number of carboxylic acid groups (broad SMARTS) is 1. The number of aliphatic carboxylic acids is 1. The van der Waals surface area contributed by atoms with E-state index in [0.717, 1.165) is 27.2 Å². The van der Waals surface area contributed by atoms with Gasteiger partial charge in [0, 0.05) is 19.2 Å². The second kappa shape index (κ2) is 10.0. The quantitative estimate of drug-likeness (QED) is 0.483. The Labute approximate surface area is 197 Å². The Kier molecular flexibility index (Phi) is 6.94. The van der Waals surface area contributed by atoms with Crippen molar-refractivity contribution in [2.24, 2.45) is 0 Å². The van der Waals surface area contributed by atoms with E-state index in [1.54, 1.807) is 18.3 Å². The average molecular weight is 465 g/mol. The summed E-state index contributed by atoms with van der Waals surface area (Å²) in [7, 11) is 1.46. The molecule has 1 atom stereocenters. The molecule has 1 aromatic heterocycles. The van der Waals surface area contributed by atoms with Crippen molar-refractivity contribution in [1.29, 1.82) is 0 Å². The monoisotopic (exact) mass is 464 g/mol. The molecule has 0 saturated carbocycles. The number of fused-ring (bicyclic) bond motifs is 3. The van der Waals surface area contributed by atoms with Crippen LogP contribution in [0.4, 0.5) is 4.79 Å². The van der Waals surface area contributed by atoms with E-state index in [0.29, 0.717) is 23.6 Å². The predicted molar refractivity (Wildman–Crippen MR) is 126 cm³/mol. The second-order valence-corrected chi connectivity index (χ2v) is 8.50. The van der Waals surface area contributed by atoms with Gasteiger partial charge in [0.2, 0.25) is 0 Å². The number of aryl methyl sites for hydroxylation is 1. The zero-order valence-corrected chi connectivity index (χ0v) is 19.0. The van der Waals surface area contributed by atoms with Crippen LogP contribution in [0.25, 0.3) is 11.1 Å². The fraction of sp³-hybridized carbons (Fsp3) is 0.269. The van der Waals surface area contributed by atoms with Crippen molar-refractivity contribution in [3.05, 3.63) is 88.7 Å². The number of hydrogen-bond acceptors (Lipinski definition) is 4. The van der Waals surface area contributed by atoms with E-state index in [1.165, 1.54) is 7.05 Å². The molecule has 0 aliphatic heterocycles. The summed E-state index contributed by atoms with van der Waals surface area (Å²) in [5.41, 5.74) is 5.21. The first-order chi connectivity index (χ1) is 16.0. The molecule has 1 N–H and O–H groups in total. The molecule has 1 heterocycles. The summed E-state index contributed by atoms with van der Waals surface area (Å²) in [6, 6.07) is 18.6. The molecule has 7 heteroatoms. The molecule has 4 rings (SSSR count). The molecule has 0 saturated heterocycles. The largest absolute Gasteiger partial charge is 0.480 e. The maximum absolute atomic E-state index is 12.8. The summed E-state index contributed by atoms with van der Waals surface area (Å²) >= 11 is 6.13. The van der Waals surface area contributed by atoms with Crippen molar-refractivity contribution in [2.45, 2.75) is 31.2 Å². The molecule has 3 aromatic rings. The van der Waals surface area contributed by atoms with Crippen LogP contribution in [0.2, 0.25) is 5.02 Å². The minimum absolute atomic E-state index is 0.0793. The molecule has 0 radical (unpaired) electrons. The lowest BCUT2D eigenvalue weighted by Gasteiger charge is -2.25. The van der Waals surface area contributed by atoms with Gasteiger partial charge in [-0.05, 0) is 53.6 Å². The first-order valence-electron chi connectivity index (χ1n) is 10.9. The van der Waals surface area contributed by atoms with Gasteiger partial charge in [-0.25, -0.2) is 9.59 Å². The van der Waals surface area contributed by atoms with Crippen LogP contribution in [-0.2, 0) is 16.0 Å². The standard InChI is InChI=1S/C26H25ClN2O4/c1-29(24(25(30)31)14-6-13-23-22(27)12-7-15-28-23)26(32)33-16-21-19-10-4-2-8-17(19)18-9-3-5-11-20(18)21/h2-5,7-12,15,21,24H,6,13-14,16H2,1H3,(H,30,31)/t24-/m0/s1. The van der Waals surface area contributed by atoms with Crippen LogP contribution in [0, 0.1) is 0 Å². The number of carbonyl (C=O) groups excluding carboxylic acids is 1. The number of amides is 1. The minimum Gasteiger partial charge on any atom is -0.480 e. The lowest BCUT2D eigenvalue weighted by Crippen LogP contribution is -2.43. The van der Waals surface area contributed by atoms with Gasteiger partial charge in [-0.2, -0.15) is 0 Å². The maximum Gasteiger partial charge on any atom is 0.410 e. The summed E-state index contributed by atoms with van der Waals surface area (Å²) in [5.74, 6) is -1.15. The van der Waals surface area contributed by atoms with Gasteiger partial charge in [0.15, 0.2) is 0 Å². The van der Waals surface area contributed by atoms with Gasteiger partial charge in [-0.1, -0.05) is 60.1 Å². The predicted octanol–water partition coefficient (Wildman–Crippen LogP) is 5.39. The molecule has 6 nitrogen and oxygen atoms in total. The van der Waals surface area contributed by atoms with E-state index in [2.05, 4.69) is 17.1 Å². The number of hydrogen-bond donors (Lipinski definition) is 1. The summed E-state index contributed by atoms with van der Waals surface area (Å²) in [4.78, 5) is 30.0. The molecule has 1 aliphatic rings. The minimum atomic E-state index is -1.07. The molecule has 2 aromatic carbocycles. The molecule has 0 fully saturated rings. The third-order valence-electron chi connectivity index (χ3n) is 6.10. The number of pyridine rings is 1. The Hall–Kier alpha value is -3.38. The van der Waals surface area contributed by atoms with Gasteiger partial charge in [-0.15, -0.1) is 0 Å². The van der Waals surface area contributed by atoms with Crippen LogP contribution < -0.4 is 0 Å². The van der Waals surface area contributed by atoms with Gasteiger partial charge in [0.1, 0.15) is 12.6 Å². The van der Waals surface area contributed by atoms with E-state index in [4.69, 9.17) is 16.3 Å². The van der Waals surface area contributed by atoms with Gasteiger partial charge < -0.3 is 9.84 Å². The fourth-order valence-electron chi connectivity index (χ4n) is 4.37. The molecular weight excluding hydrogens is 440 g/mol. The van der Waals surface area contributed by atoms with E-state index < -0.39 is 18.1 Å². The van der Waals surface area contributed by atoms with Crippen molar-refractivity contribution in [3.8, 4) is 11.1 Å². The number of carbonyl (C=O) groups is 2. The topological polar surface area (TPSA) is 79.7 Å². The lowest BCUT2D eigenvalue weighted by atomic mass is 9.98. The molecule has 1 amide bonds.